The van der Waals surface area contributed by atoms with Crippen molar-refractivity contribution in [3.8, 4) is 0 Å². The van der Waals surface area contributed by atoms with Crippen LogP contribution in [0.2, 0.25) is 19.1 Å². The van der Waals surface area contributed by atoms with Gasteiger partial charge in [-0.25, -0.2) is 9.59 Å². The molecule has 4 atom stereocenters. The zero-order valence-electron chi connectivity index (χ0n) is 34.3. The van der Waals surface area contributed by atoms with Gasteiger partial charge in [-0.05, 0) is 87.4 Å². The maximum atomic E-state index is 14.7. The van der Waals surface area contributed by atoms with E-state index in [1.165, 1.54) is 24.6 Å². The number of aryl methyl sites for hydroxylation is 1. The van der Waals surface area contributed by atoms with Gasteiger partial charge in [0.25, 0.3) is 0 Å². The number of benzene rings is 3. The van der Waals surface area contributed by atoms with Crippen LogP contribution in [0.1, 0.15) is 89.5 Å². The van der Waals surface area contributed by atoms with Crippen LogP contribution in [-0.4, -0.2) is 97.5 Å². The SMILES string of the molecule is COC(=O)c1ccc(C(=O)Cc2ccc(C[C@H](NC(=O)[C@H](C)N(C)C(=O)OC(C)(C)C)C(=O)N3C[Si](C)(C)C[C@H]3C(=O)NC3CCCc4ccccc43)cc2)cc1. The van der Waals surface area contributed by atoms with Crippen molar-refractivity contribution in [1.29, 1.82) is 0 Å². The molecule has 0 saturated carbocycles. The minimum absolute atomic E-state index is 0.111. The maximum absolute atomic E-state index is 14.7. The van der Waals surface area contributed by atoms with E-state index in [2.05, 4.69) is 35.9 Å². The minimum Gasteiger partial charge on any atom is -0.465 e. The predicted octanol–water partition coefficient (Wildman–Crippen LogP) is 5.83. The normalized spacial score (nSPS) is 18.4. The average molecular weight is 797 g/mol. The Hall–Kier alpha value is -5.30. The van der Waals surface area contributed by atoms with Crippen LogP contribution in [0.25, 0.3) is 0 Å². The van der Waals surface area contributed by atoms with Gasteiger partial charge in [0.2, 0.25) is 17.7 Å². The van der Waals surface area contributed by atoms with Crippen molar-refractivity contribution in [3.63, 3.8) is 0 Å². The number of amides is 4. The van der Waals surface area contributed by atoms with Gasteiger partial charge in [-0.3, -0.25) is 24.1 Å². The molecule has 12 nitrogen and oxygen atoms in total. The topological polar surface area (TPSA) is 151 Å². The number of Topliss-reactive ketones (excluding diaryl/α,β-unsaturated/α-hetero) is 1. The zero-order valence-corrected chi connectivity index (χ0v) is 35.3. The number of carbonyl (C=O) groups excluding carboxylic acids is 6. The molecule has 13 heteroatoms. The van der Waals surface area contributed by atoms with Crippen LogP contribution in [0.5, 0.6) is 0 Å². The molecule has 0 aromatic heterocycles. The highest BCUT2D eigenvalue weighted by Crippen LogP contribution is 2.32. The predicted molar refractivity (Wildman–Crippen MR) is 219 cm³/mol. The number of nitrogens with one attached hydrogen (secondary N) is 2. The van der Waals surface area contributed by atoms with Crippen LogP contribution in [0.4, 0.5) is 4.79 Å². The van der Waals surface area contributed by atoms with E-state index in [9.17, 15) is 28.8 Å². The summed E-state index contributed by atoms with van der Waals surface area (Å²) in [6.45, 7) is 11.1. The van der Waals surface area contributed by atoms with Crippen molar-refractivity contribution < 1.29 is 38.2 Å². The fourth-order valence-electron chi connectivity index (χ4n) is 7.49. The van der Waals surface area contributed by atoms with Crippen molar-refractivity contribution in [3.05, 3.63) is 106 Å². The first-order valence-electron chi connectivity index (χ1n) is 19.6. The number of carbonyl (C=O) groups is 6. The molecule has 1 fully saturated rings. The molecular weight excluding hydrogens is 741 g/mol. The van der Waals surface area contributed by atoms with Gasteiger partial charge in [0.1, 0.15) is 23.7 Å². The van der Waals surface area contributed by atoms with Crippen LogP contribution in [0.3, 0.4) is 0 Å². The highest BCUT2D eigenvalue weighted by atomic mass is 28.3. The largest absolute Gasteiger partial charge is 0.465 e. The maximum Gasteiger partial charge on any atom is 0.410 e. The van der Waals surface area contributed by atoms with Crippen molar-refractivity contribution in [2.45, 2.75) is 109 Å². The lowest BCUT2D eigenvalue weighted by molar-refractivity contribution is -0.141. The summed E-state index contributed by atoms with van der Waals surface area (Å²) in [6, 6.07) is 19.4. The quantitative estimate of drug-likeness (QED) is 0.132. The van der Waals surface area contributed by atoms with Gasteiger partial charge in [-0.1, -0.05) is 73.8 Å². The molecule has 57 heavy (non-hydrogen) atoms. The Kier molecular flexibility index (Phi) is 13.4. The van der Waals surface area contributed by atoms with Crippen molar-refractivity contribution >= 4 is 43.6 Å². The summed E-state index contributed by atoms with van der Waals surface area (Å²) in [7, 11) is 0.730. The first-order chi connectivity index (χ1) is 26.9. The number of esters is 1. The highest BCUT2D eigenvalue weighted by Gasteiger charge is 2.47. The molecule has 3 aromatic rings. The van der Waals surface area contributed by atoms with Gasteiger partial charge < -0.3 is 25.0 Å². The van der Waals surface area contributed by atoms with Crippen molar-refractivity contribution in [1.82, 2.24) is 20.4 Å². The number of rotatable bonds is 12. The fraction of sp³-hybridized carbons (Fsp3) is 0.455. The third-order valence-corrected chi connectivity index (χ3v) is 13.4. The molecule has 1 heterocycles. The summed E-state index contributed by atoms with van der Waals surface area (Å²) < 4.78 is 10.2. The smallest absolute Gasteiger partial charge is 0.410 e. The average Bonchev–Trinajstić information content (AvgIpc) is 3.51. The summed E-state index contributed by atoms with van der Waals surface area (Å²) in [5, 5.41) is 6.20. The molecule has 304 valence electrons. The lowest BCUT2D eigenvalue weighted by Crippen LogP contribution is -2.57. The second kappa shape index (κ2) is 17.9. The first kappa shape index (κ1) is 42.8. The van der Waals surface area contributed by atoms with E-state index < -0.39 is 49.8 Å². The Morgan fingerprint density at radius 3 is 2.19 bits per heavy atom. The van der Waals surface area contributed by atoms with Crippen molar-refractivity contribution in [2.75, 3.05) is 20.3 Å². The number of fused-ring (bicyclic) bond motifs is 1. The Bertz CT molecular complexity index is 1970. The summed E-state index contributed by atoms with van der Waals surface area (Å²) in [5.74, 6) is -1.73. The number of ether oxygens (including phenoxy) is 2. The van der Waals surface area contributed by atoms with Gasteiger partial charge in [-0.15, -0.1) is 0 Å². The fourth-order valence-corrected chi connectivity index (χ4v) is 10.4. The Balaban J connectivity index is 1.36. The van der Waals surface area contributed by atoms with Gasteiger partial charge >= 0.3 is 12.1 Å². The van der Waals surface area contributed by atoms with Gasteiger partial charge in [0.05, 0.1) is 26.8 Å². The van der Waals surface area contributed by atoms with E-state index in [-0.39, 0.29) is 36.5 Å². The van der Waals surface area contributed by atoms with E-state index in [1.807, 2.05) is 36.4 Å². The van der Waals surface area contributed by atoms with E-state index in [4.69, 9.17) is 9.47 Å². The second-order valence-corrected chi connectivity index (χ2v) is 22.1. The van der Waals surface area contributed by atoms with Gasteiger partial charge in [0.15, 0.2) is 5.78 Å². The lowest BCUT2D eigenvalue weighted by Gasteiger charge is -2.33. The molecule has 2 N–H and O–H groups in total. The van der Waals surface area contributed by atoms with E-state index >= 15 is 0 Å². The van der Waals surface area contributed by atoms with Gasteiger partial charge in [0, 0.05) is 31.6 Å². The number of nitrogens with zero attached hydrogens (tertiary/aromatic N) is 2. The third kappa shape index (κ3) is 11.0. The van der Waals surface area contributed by atoms with E-state index in [0.717, 1.165) is 36.0 Å². The number of hydrogen-bond donors (Lipinski definition) is 2. The molecule has 2 aliphatic rings. The number of methoxy groups -OCH3 is 1. The Labute approximate surface area is 336 Å². The monoisotopic (exact) mass is 796 g/mol. The molecule has 5 rings (SSSR count). The van der Waals surface area contributed by atoms with Gasteiger partial charge in [-0.2, -0.15) is 0 Å². The molecule has 0 radical (unpaired) electrons. The van der Waals surface area contributed by atoms with E-state index in [1.54, 1.807) is 56.9 Å². The molecule has 1 aliphatic carbocycles. The Morgan fingerprint density at radius 1 is 0.912 bits per heavy atom. The molecule has 3 aromatic carbocycles. The number of hydrogen-bond acceptors (Lipinski definition) is 8. The van der Waals surface area contributed by atoms with Crippen LogP contribution in [0, 0.1) is 0 Å². The molecular formula is C44H56N4O8Si. The second-order valence-electron chi connectivity index (χ2n) is 17.0. The standard InChI is InChI=1S/C44H56N4O8Si/c1-28(47(5)43(54)56-44(2,3)4)39(50)46-36(24-29-16-18-30(19-17-29)25-38(49)32-20-22-33(23-21-32)42(53)55-6)41(52)48-27-57(7,8)26-37(48)40(51)45-35-15-11-13-31-12-9-10-14-34(31)35/h9-10,12,14,16-23,28,35-37H,11,13,15,24-27H2,1-8H3,(H,45,51)(H,46,50)/t28-,35?,36-,37-/m0/s1. The van der Waals surface area contributed by atoms with E-state index in [0.29, 0.717) is 23.3 Å². The zero-order chi connectivity index (χ0) is 41.7. The minimum atomic E-state index is -2.04. The summed E-state index contributed by atoms with van der Waals surface area (Å²) in [4.78, 5) is 83.3. The molecule has 1 aliphatic heterocycles. The third-order valence-electron chi connectivity index (χ3n) is 10.7. The van der Waals surface area contributed by atoms with Crippen LogP contribution < -0.4 is 10.6 Å². The van der Waals surface area contributed by atoms with Crippen LogP contribution in [0.15, 0.2) is 72.8 Å². The number of likely N-dealkylation sites (N-methyl/N-ethyl adjacent to an activating group) is 1. The number of ketones is 1. The molecule has 0 spiro atoms. The summed E-state index contributed by atoms with van der Waals surface area (Å²) in [5.41, 5.74) is 3.84. The molecule has 0 bridgehead atoms. The first-order valence-corrected chi connectivity index (χ1v) is 23.0. The summed E-state index contributed by atoms with van der Waals surface area (Å²) >= 11 is 0. The van der Waals surface area contributed by atoms with Crippen LogP contribution in [-0.2, 0) is 43.1 Å². The highest BCUT2D eigenvalue weighted by molar-refractivity contribution is 6.79. The van der Waals surface area contributed by atoms with Crippen molar-refractivity contribution in [2.24, 2.45) is 0 Å². The lowest BCUT2D eigenvalue weighted by atomic mass is 9.87. The summed E-state index contributed by atoms with van der Waals surface area (Å²) in [6.07, 6.45) is 2.73. The molecule has 1 saturated heterocycles. The Morgan fingerprint density at radius 2 is 1.54 bits per heavy atom. The molecule has 1 unspecified atom stereocenters. The molecule has 4 amide bonds. The van der Waals surface area contributed by atoms with Crippen LogP contribution >= 0.6 is 0 Å².